The van der Waals surface area contributed by atoms with E-state index >= 15 is 0 Å². The van der Waals surface area contributed by atoms with Gasteiger partial charge in [0.25, 0.3) is 0 Å². The molecule has 0 aliphatic heterocycles. The molecule has 0 aromatic carbocycles. The van der Waals surface area contributed by atoms with E-state index in [1.54, 1.807) is 0 Å². The van der Waals surface area contributed by atoms with Gasteiger partial charge < -0.3 is 16.0 Å². The number of hydrogen-bond acceptors (Lipinski definition) is 2. The third-order valence-corrected chi connectivity index (χ3v) is 3.32. The van der Waals surface area contributed by atoms with Crippen molar-refractivity contribution in [2.45, 2.75) is 39.5 Å². The molecule has 0 fully saturated rings. The third kappa shape index (κ3) is 4.52. The first kappa shape index (κ1) is 14.3. The van der Waals surface area contributed by atoms with Crippen molar-refractivity contribution in [3.8, 4) is 0 Å². The van der Waals surface area contributed by atoms with Crippen LogP contribution in [-0.2, 0) is 5.41 Å². The number of aromatic nitrogens is 1. The lowest BCUT2D eigenvalue weighted by Gasteiger charge is -2.29. The summed E-state index contributed by atoms with van der Waals surface area (Å²) >= 11 is 0. The van der Waals surface area contributed by atoms with Crippen molar-refractivity contribution in [2.24, 2.45) is 11.1 Å². The number of H-pyrrole nitrogens is 1. The van der Waals surface area contributed by atoms with Gasteiger partial charge in [-0.25, -0.2) is 0 Å². The number of nitrogens with one attached hydrogen (secondary N) is 2. The fraction of sp³-hybridized carbons (Fsp3) is 0.714. The average Bonchev–Trinajstić information content (AvgIpc) is 2.69. The summed E-state index contributed by atoms with van der Waals surface area (Å²) in [6.45, 7) is 11.8. The summed E-state index contributed by atoms with van der Waals surface area (Å²) in [6.07, 6.45) is 3.04. The highest BCUT2D eigenvalue weighted by atomic mass is 14.9. The van der Waals surface area contributed by atoms with E-state index in [4.69, 9.17) is 5.73 Å². The molecule has 1 heterocycles. The van der Waals surface area contributed by atoms with Gasteiger partial charge in [0.1, 0.15) is 0 Å². The fourth-order valence-corrected chi connectivity index (χ4v) is 2.04. The van der Waals surface area contributed by atoms with E-state index in [9.17, 15) is 0 Å². The van der Waals surface area contributed by atoms with Crippen LogP contribution in [0.5, 0.6) is 0 Å². The lowest BCUT2D eigenvalue weighted by atomic mass is 9.86. The third-order valence-electron chi connectivity index (χ3n) is 3.32. The zero-order chi connectivity index (χ0) is 12.9. The Labute approximate surface area is 105 Å². The predicted molar refractivity (Wildman–Crippen MR) is 74.1 cm³/mol. The Balaban J connectivity index is 2.41. The Kier molecular flexibility index (Phi) is 4.78. The Morgan fingerprint density at radius 1 is 1.24 bits per heavy atom. The Hall–Kier alpha value is -0.800. The molecule has 0 atom stereocenters. The van der Waals surface area contributed by atoms with Crippen LogP contribution in [0.3, 0.4) is 0 Å². The summed E-state index contributed by atoms with van der Waals surface area (Å²) in [5.41, 5.74) is 7.32. The van der Waals surface area contributed by atoms with Gasteiger partial charge in [-0.3, -0.25) is 0 Å². The topological polar surface area (TPSA) is 53.8 Å². The van der Waals surface area contributed by atoms with E-state index < -0.39 is 0 Å². The molecule has 0 saturated heterocycles. The molecule has 1 aromatic heterocycles. The van der Waals surface area contributed by atoms with Crippen molar-refractivity contribution in [1.82, 2.24) is 10.3 Å². The minimum atomic E-state index is 0.141. The van der Waals surface area contributed by atoms with Crippen LogP contribution in [0.2, 0.25) is 0 Å². The van der Waals surface area contributed by atoms with Crippen LogP contribution in [0, 0.1) is 5.41 Å². The molecule has 0 radical (unpaired) electrons. The molecule has 3 heteroatoms. The highest BCUT2D eigenvalue weighted by Gasteiger charge is 2.23. The molecule has 1 aromatic rings. The van der Waals surface area contributed by atoms with Gasteiger partial charge in [-0.1, -0.05) is 27.7 Å². The lowest BCUT2D eigenvalue weighted by molar-refractivity contribution is 0.304. The monoisotopic (exact) mass is 237 g/mol. The highest BCUT2D eigenvalue weighted by molar-refractivity contribution is 5.15. The Bertz CT molecular complexity index is 312. The second kappa shape index (κ2) is 5.69. The SMILES string of the molecule is CC(C)(CCN)CNCC(C)(C)c1ccc[nH]1. The number of hydrogen-bond donors (Lipinski definition) is 3. The number of nitrogens with two attached hydrogens (primary N) is 1. The van der Waals surface area contributed by atoms with Crippen molar-refractivity contribution in [3.05, 3.63) is 24.0 Å². The summed E-state index contributed by atoms with van der Waals surface area (Å²) in [7, 11) is 0. The first-order valence-corrected chi connectivity index (χ1v) is 6.42. The summed E-state index contributed by atoms with van der Waals surface area (Å²) < 4.78 is 0. The van der Waals surface area contributed by atoms with Crippen LogP contribution in [0.4, 0.5) is 0 Å². The Morgan fingerprint density at radius 2 is 1.94 bits per heavy atom. The van der Waals surface area contributed by atoms with Gasteiger partial charge >= 0.3 is 0 Å². The maximum atomic E-state index is 5.62. The maximum Gasteiger partial charge on any atom is 0.0217 e. The molecule has 0 amide bonds. The molecule has 1 rings (SSSR count). The molecule has 0 unspecified atom stereocenters. The summed E-state index contributed by atoms with van der Waals surface area (Å²) in [5, 5.41) is 3.56. The van der Waals surface area contributed by atoms with Crippen LogP contribution in [0.1, 0.15) is 39.8 Å². The van der Waals surface area contributed by atoms with Gasteiger partial charge in [-0.15, -0.1) is 0 Å². The molecular formula is C14H27N3. The quantitative estimate of drug-likeness (QED) is 0.681. The zero-order valence-corrected chi connectivity index (χ0v) is 11.6. The highest BCUT2D eigenvalue weighted by Crippen LogP contribution is 2.22. The van der Waals surface area contributed by atoms with Gasteiger partial charge in [0.2, 0.25) is 0 Å². The van der Waals surface area contributed by atoms with E-state index in [-0.39, 0.29) is 10.8 Å². The van der Waals surface area contributed by atoms with Crippen LogP contribution >= 0.6 is 0 Å². The van der Waals surface area contributed by atoms with E-state index in [0.717, 1.165) is 26.1 Å². The summed E-state index contributed by atoms with van der Waals surface area (Å²) in [5.74, 6) is 0. The van der Waals surface area contributed by atoms with Crippen molar-refractivity contribution in [3.63, 3.8) is 0 Å². The van der Waals surface area contributed by atoms with Crippen molar-refractivity contribution in [1.29, 1.82) is 0 Å². The van der Waals surface area contributed by atoms with Crippen molar-refractivity contribution >= 4 is 0 Å². The fourth-order valence-electron chi connectivity index (χ4n) is 2.04. The second-order valence-corrected chi connectivity index (χ2v) is 6.27. The van der Waals surface area contributed by atoms with E-state index in [1.165, 1.54) is 5.69 Å². The maximum absolute atomic E-state index is 5.62. The molecule has 98 valence electrons. The number of rotatable bonds is 7. The minimum absolute atomic E-state index is 0.141. The van der Waals surface area contributed by atoms with Crippen LogP contribution in [0.25, 0.3) is 0 Å². The van der Waals surface area contributed by atoms with Gasteiger partial charge in [-0.2, -0.15) is 0 Å². The molecule has 0 aliphatic carbocycles. The summed E-state index contributed by atoms with van der Waals surface area (Å²) in [4.78, 5) is 3.29. The minimum Gasteiger partial charge on any atom is -0.365 e. The van der Waals surface area contributed by atoms with E-state index in [1.807, 2.05) is 6.20 Å². The summed E-state index contributed by atoms with van der Waals surface area (Å²) in [6, 6.07) is 4.20. The first-order chi connectivity index (χ1) is 7.87. The van der Waals surface area contributed by atoms with Gasteiger partial charge in [0, 0.05) is 30.4 Å². The Morgan fingerprint density at radius 3 is 2.47 bits per heavy atom. The molecule has 0 bridgehead atoms. The lowest BCUT2D eigenvalue weighted by Crippen LogP contribution is -2.39. The normalized spacial score (nSPS) is 13.0. The molecular weight excluding hydrogens is 210 g/mol. The zero-order valence-electron chi connectivity index (χ0n) is 11.6. The average molecular weight is 237 g/mol. The van der Waals surface area contributed by atoms with Gasteiger partial charge in [-0.05, 0) is 30.5 Å². The predicted octanol–water partition coefficient (Wildman–Crippen LogP) is 2.26. The molecule has 4 N–H and O–H groups in total. The van der Waals surface area contributed by atoms with Gasteiger partial charge in [0.05, 0.1) is 0 Å². The molecule has 0 aliphatic rings. The molecule has 0 spiro atoms. The molecule has 17 heavy (non-hydrogen) atoms. The van der Waals surface area contributed by atoms with Crippen molar-refractivity contribution < 1.29 is 0 Å². The first-order valence-electron chi connectivity index (χ1n) is 6.42. The standard InChI is InChI=1S/C14H27N3/c1-13(2,7-8-15)10-16-11-14(3,4)12-6-5-9-17-12/h5-6,9,16-17H,7-8,10-11,15H2,1-4H3. The van der Waals surface area contributed by atoms with Crippen LogP contribution < -0.4 is 11.1 Å². The van der Waals surface area contributed by atoms with E-state index in [2.05, 4.69) is 50.1 Å². The number of aromatic amines is 1. The molecule has 3 nitrogen and oxygen atoms in total. The van der Waals surface area contributed by atoms with Crippen LogP contribution in [-0.4, -0.2) is 24.6 Å². The smallest absolute Gasteiger partial charge is 0.0217 e. The van der Waals surface area contributed by atoms with Crippen LogP contribution in [0.15, 0.2) is 18.3 Å². The molecule has 0 saturated carbocycles. The van der Waals surface area contributed by atoms with Gasteiger partial charge in [0.15, 0.2) is 0 Å². The van der Waals surface area contributed by atoms with E-state index in [0.29, 0.717) is 0 Å². The second-order valence-electron chi connectivity index (χ2n) is 6.27. The van der Waals surface area contributed by atoms with Crippen molar-refractivity contribution in [2.75, 3.05) is 19.6 Å². The largest absolute Gasteiger partial charge is 0.365 e.